The van der Waals surface area contributed by atoms with Crippen molar-refractivity contribution in [1.29, 1.82) is 0 Å². The summed E-state index contributed by atoms with van der Waals surface area (Å²) in [6.07, 6.45) is 0.806. The number of sulfonamides is 1. The predicted molar refractivity (Wildman–Crippen MR) is 91.1 cm³/mol. The van der Waals surface area contributed by atoms with Crippen LogP contribution in [0.4, 0.5) is 5.69 Å². The van der Waals surface area contributed by atoms with E-state index in [2.05, 4.69) is 0 Å². The van der Waals surface area contributed by atoms with Gasteiger partial charge in [0.05, 0.1) is 11.4 Å². The Hall–Kier alpha value is -0.300. The van der Waals surface area contributed by atoms with Gasteiger partial charge in [0.1, 0.15) is 11.0 Å². The van der Waals surface area contributed by atoms with Crippen LogP contribution in [0.15, 0.2) is 24.3 Å². The SMILES string of the molecule is Cc1ccccc1N(S(=O)CCCCl)S(=O)(=O)CCCCl. The molecule has 0 amide bonds. The van der Waals surface area contributed by atoms with Crippen molar-refractivity contribution in [2.24, 2.45) is 0 Å². The van der Waals surface area contributed by atoms with Gasteiger partial charge < -0.3 is 0 Å². The van der Waals surface area contributed by atoms with Gasteiger partial charge in [-0.05, 0) is 31.4 Å². The average molecular weight is 372 g/mol. The molecule has 8 heteroatoms. The zero-order valence-electron chi connectivity index (χ0n) is 11.8. The quantitative estimate of drug-likeness (QED) is 0.626. The molecule has 0 radical (unpaired) electrons. The third-order valence-corrected chi connectivity index (χ3v) is 7.16. The molecule has 0 heterocycles. The van der Waals surface area contributed by atoms with Gasteiger partial charge in [0, 0.05) is 17.5 Å². The van der Waals surface area contributed by atoms with Crippen LogP contribution in [-0.4, -0.2) is 35.9 Å². The van der Waals surface area contributed by atoms with Crippen molar-refractivity contribution in [2.75, 3.05) is 27.0 Å². The monoisotopic (exact) mass is 371 g/mol. The van der Waals surface area contributed by atoms with E-state index in [0.717, 1.165) is 9.27 Å². The summed E-state index contributed by atoms with van der Waals surface area (Å²) in [5.74, 6) is 0.666. The molecule has 0 aliphatic carbocycles. The molecule has 0 N–H and O–H groups in total. The molecule has 1 rings (SSSR count). The molecule has 21 heavy (non-hydrogen) atoms. The number of hydrogen-bond acceptors (Lipinski definition) is 3. The van der Waals surface area contributed by atoms with Gasteiger partial charge >= 0.3 is 0 Å². The van der Waals surface area contributed by atoms with Crippen LogP contribution in [0.3, 0.4) is 0 Å². The highest BCUT2D eigenvalue weighted by atomic mass is 35.5. The number of para-hydroxylation sites is 1. The van der Waals surface area contributed by atoms with Crippen LogP contribution in [0.5, 0.6) is 0 Å². The van der Waals surface area contributed by atoms with Crippen LogP contribution < -0.4 is 3.71 Å². The van der Waals surface area contributed by atoms with Crippen molar-refractivity contribution in [3.05, 3.63) is 29.8 Å². The summed E-state index contributed by atoms with van der Waals surface area (Å²) in [7, 11) is -5.36. The molecule has 1 aromatic rings. The number of halogens is 2. The predicted octanol–water partition coefficient (Wildman–Crippen LogP) is 3.05. The van der Waals surface area contributed by atoms with Gasteiger partial charge in [-0.25, -0.2) is 12.6 Å². The first-order valence-electron chi connectivity index (χ1n) is 6.53. The van der Waals surface area contributed by atoms with E-state index in [1.54, 1.807) is 25.1 Å². The summed E-state index contributed by atoms with van der Waals surface area (Å²) >= 11 is 11.2. The number of anilines is 1. The molecule has 0 spiro atoms. The van der Waals surface area contributed by atoms with Crippen LogP contribution >= 0.6 is 23.2 Å². The summed E-state index contributed by atoms with van der Waals surface area (Å²) in [6.45, 7) is 1.79. The van der Waals surface area contributed by atoms with Crippen molar-refractivity contribution in [1.82, 2.24) is 0 Å². The van der Waals surface area contributed by atoms with E-state index in [1.165, 1.54) is 0 Å². The summed E-state index contributed by atoms with van der Waals surface area (Å²) in [6, 6.07) is 6.99. The van der Waals surface area contributed by atoms with E-state index in [4.69, 9.17) is 23.2 Å². The maximum absolute atomic E-state index is 12.5. The first-order chi connectivity index (χ1) is 9.94. The van der Waals surface area contributed by atoms with Crippen LogP contribution in [0, 0.1) is 6.92 Å². The minimum Gasteiger partial charge on any atom is -0.236 e. The molecule has 0 saturated heterocycles. The molecule has 0 bridgehead atoms. The van der Waals surface area contributed by atoms with Gasteiger partial charge in [-0.2, -0.15) is 3.71 Å². The minimum absolute atomic E-state index is 0.128. The minimum atomic E-state index is -3.68. The van der Waals surface area contributed by atoms with Crippen molar-refractivity contribution < 1.29 is 12.6 Å². The summed E-state index contributed by atoms with van der Waals surface area (Å²) in [5.41, 5.74) is 1.20. The zero-order valence-corrected chi connectivity index (χ0v) is 14.9. The van der Waals surface area contributed by atoms with E-state index in [1.807, 2.05) is 6.07 Å². The maximum atomic E-state index is 12.5. The lowest BCUT2D eigenvalue weighted by atomic mass is 10.2. The van der Waals surface area contributed by atoms with Gasteiger partial charge in [-0.15, -0.1) is 23.2 Å². The van der Waals surface area contributed by atoms with Crippen LogP contribution in [0.25, 0.3) is 0 Å². The fourth-order valence-corrected chi connectivity index (χ4v) is 5.94. The maximum Gasteiger partial charge on any atom is 0.246 e. The third-order valence-electron chi connectivity index (χ3n) is 2.74. The molecule has 0 aliphatic rings. The van der Waals surface area contributed by atoms with Gasteiger partial charge in [0.2, 0.25) is 10.0 Å². The van der Waals surface area contributed by atoms with Crippen molar-refractivity contribution >= 4 is 49.9 Å². The lowest BCUT2D eigenvalue weighted by Gasteiger charge is -2.24. The van der Waals surface area contributed by atoms with Gasteiger partial charge in [0.25, 0.3) is 0 Å². The highest BCUT2D eigenvalue weighted by Crippen LogP contribution is 2.25. The van der Waals surface area contributed by atoms with Crippen molar-refractivity contribution in [2.45, 2.75) is 19.8 Å². The number of alkyl halides is 2. The van der Waals surface area contributed by atoms with Crippen molar-refractivity contribution in [3.8, 4) is 0 Å². The Bertz CT molecular complexity index is 579. The van der Waals surface area contributed by atoms with E-state index in [9.17, 15) is 12.6 Å². The second kappa shape index (κ2) is 8.98. The Labute approximate surface area is 139 Å². The largest absolute Gasteiger partial charge is 0.246 e. The topological polar surface area (TPSA) is 54.5 Å². The Balaban J connectivity index is 3.18. The summed E-state index contributed by atoms with van der Waals surface area (Å²) in [5, 5.41) is 0. The van der Waals surface area contributed by atoms with E-state index >= 15 is 0 Å². The Morgan fingerprint density at radius 3 is 2.33 bits per heavy atom. The first kappa shape index (κ1) is 18.7. The smallest absolute Gasteiger partial charge is 0.236 e. The second-order valence-corrected chi connectivity index (χ2v) is 8.78. The molecule has 0 aromatic heterocycles. The summed E-state index contributed by atoms with van der Waals surface area (Å²) in [4.78, 5) is 0. The molecule has 1 unspecified atom stereocenters. The highest BCUT2D eigenvalue weighted by molar-refractivity contribution is 8.07. The average Bonchev–Trinajstić information content (AvgIpc) is 2.45. The lowest BCUT2D eigenvalue weighted by molar-refractivity contribution is 0.595. The number of nitrogens with zero attached hydrogens (tertiary/aromatic N) is 1. The molecule has 0 fully saturated rings. The van der Waals surface area contributed by atoms with Crippen molar-refractivity contribution in [3.63, 3.8) is 0 Å². The standard InChI is InChI=1S/C13H19Cl2NO3S2/c1-12-6-2-3-7-13(12)16(20(17)10-4-8-14)21(18,19)11-5-9-15/h2-3,6-7H,4-5,8-11H2,1H3. The Morgan fingerprint density at radius 2 is 1.76 bits per heavy atom. The molecule has 0 aliphatic heterocycles. The summed E-state index contributed by atoms with van der Waals surface area (Å²) < 4.78 is 38.4. The van der Waals surface area contributed by atoms with Crippen LogP contribution in [0.1, 0.15) is 18.4 Å². The number of benzene rings is 1. The highest BCUT2D eigenvalue weighted by Gasteiger charge is 2.28. The number of rotatable bonds is 9. The normalized spacial score (nSPS) is 13.1. The first-order valence-corrected chi connectivity index (χ1v) is 10.5. The fourth-order valence-electron chi connectivity index (χ4n) is 1.74. The molecular formula is C13H19Cl2NO3S2. The molecule has 120 valence electrons. The van der Waals surface area contributed by atoms with Gasteiger partial charge in [0.15, 0.2) is 0 Å². The van der Waals surface area contributed by atoms with Gasteiger partial charge in [-0.3, -0.25) is 0 Å². The molecule has 1 aromatic carbocycles. The molecule has 1 atom stereocenters. The Kier molecular flexibility index (Phi) is 8.02. The fraction of sp³-hybridized carbons (Fsp3) is 0.538. The van der Waals surface area contributed by atoms with Crippen LogP contribution in [0.2, 0.25) is 0 Å². The zero-order chi connectivity index (χ0) is 15.9. The lowest BCUT2D eigenvalue weighted by Crippen LogP contribution is -2.36. The molecule has 0 saturated carbocycles. The second-order valence-electron chi connectivity index (χ2n) is 4.44. The van der Waals surface area contributed by atoms with Crippen LogP contribution in [-0.2, 0) is 21.0 Å². The molecule has 4 nitrogen and oxygen atoms in total. The van der Waals surface area contributed by atoms with Gasteiger partial charge in [-0.1, -0.05) is 18.2 Å². The van der Waals surface area contributed by atoms with E-state index in [-0.39, 0.29) is 17.4 Å². The molecular weight excluding hydrogens is 353 g/mol. The number of aryl methyl sites for hydroxylation is 1. The third kappa shape index (κ3) is 5.43. The Morgan fingerprint density at radius 1 is 1.14 bits per heavy atom. The van der Waals surface area contributed by atoms with E-state index < -0.39 is 21.0 Å². The number of hydrogen-bond donors (Lipinski definition) is 0. The van der Waals surface area contributed by atoms with E-state index in [0.29, 0.717) is 24.4 Å².